The van der Waals surface area contributed by atoms with E-state index in [4.69, 9.17) is 13.5 Å². The van der Waals surface area contributed by atoms with Crippen molar-refractivity contribution in [1.29, 1.82) is 0 Å². The third-order valence-corrected chi connectivity index (χ3v) is 5.79. The Balaban J connectivity index is 2.02. The minimum absolute atomic E-state index is 0.0503. The van der Waals surface area contributed by atoms with E-state index in [1.165, 1.54) is 24.3 Å². The Bertz CT molecular complexity index is 997. The summed E-state index contributed by atoms with van der Waals surface area (Å²) in [7, 11) is -8.51. The Morgan fingerprint density at radius 2 is 1.61 bits per heavy atom. The molecule has 2 aromatic rings. The molecule has 2 rings (SSSR count). The van der Waals surface area contributed by atoms with Crippen molar-refractivity contribution in [3.8, 4) is 0 Å². The average Bonchev–Trinajstić information content (AvgIpc) is 2.61. The monoisotopic (exact) mass is 428 g/mol. The molecule has 28 heavy (non-hydrogen) atoms. The van der Waals surface area contributed by atoms with E-state index in [9.17, 15) is 21.6 Å². The van der Waals surface area contributed by atoms with E-state index in [0.29, 0.717) is 0 Å². The summed E-state index contributed by atoms with van der Waals surface area (Å²) in [5.41, 5.74) is 1.07. The Labute approximate surface area is 164 Å². The van der Waals surface area contributed by atoms with Gasteiger partial charge in [-0.3, -0.25) is 8.74 Å². The number of esters is 1. The smallest absolute Gasteiger partial charge is 0.338 e. The molecule has 0 saturated carbocycles. The molecular formula is C18H20O8S2. The van der Waals surface area contributed by atoms with Crippen molar-refractivity contribution < 1.29 is 35.1 Å². The van der Waals surface area contributed by atoms with Crippen molar-refractivity contribution >= 4 is 26.2 Å². The van der Waals surface area contributed by atoms with Gasteiger partial charge in [0.05, 0.1) is 17.1 Å². The molecule has 0 aliphatic heterocycles. The molecule has 2 aromatic carbocycles. The first kappa shape index (κ1) is 22.0. The number of hydrogen-bond donors (Lipinski definition) is 1. The van der Waals surface area contributed by atoms with E-state index in [1.54, 1.807) is 37.3 Å². The zero-order chi connectivity index (χ0) is 20.8. The molecule has 0 heterocycles. The molecule has 10 heteroatoms. The zero-order valence-electron chi connectivity index (χ0n) is 15.0. The highest BCUT2D eigenvalue weighted by atomic mass is 32.2. The fourth-order valence-corrected chi connectivity index (χ4v) is 3.89. The number of hydrogen-bond acceptors (Lipinski definition) is 7. The summed E-state index contributed by atoms with van der Waals surface area (Å²) in [6.45, 7) is 1.37. The normalized spacial score (nSPS) is 13.1. The van der Waals surface area contributed by atoms with E-state index in [-0.39, 0.29) is 16.9 Å². The first-order valence-electron chi connectivity index (χ1n) is 8.24. The second kappa shape index (κ2) is 9.28. The highest BCUT2D eigenvalue weighted by Gasteiger charge is 2.23. The summed E-state index contributed by atoms with van der Waals surface area (Å²) in [5, 5.41) is 0. The standard InChI is InChI=1S/C18H20O8S2/c1-14-7-9-17(10-8-14)28(23,24)25-12-11-16(13-27(20,21)22)26-18(19)15-5-3-2-4-6-15/h2-10,16H,11-13H2,1H3,(H,20,21,22). The van der Waals surface area contributed by atoms with Gasteiger partial charge in [-0.15, -0.1) is 0 Å². The molecular weight excluding hydrogens is 408 g/mol. The summed E-state index contributed by atoms with van der Waals surface area (Å²) in [4.78, 5) is 12.0. The second-order valence-corrected chi connectivity index (χ2v) is 9.13. The third-order valence-electron chi connectivity index (χ3n) is 3.67. The molecule has 0 aliphatic carbocycles. The van der Waals surface area contributed by atoms with Crippen LogP contribution in [0.2, 0.25) is 0 Å². The van der Waals surface area contributed by atoms with Crippen LogP contribution < -0.4 is 0 Å². The Morgan fingerprint density at radius 1 is 1.00 bits per heavy atom. The molecule has 1 unspecified atom stereocenters. The van der Waals surface area contributed by atoms with Gasteiger partial charge < -0.3 is 4.74 Å². The Hall–Kier alpha value is -2.27. The lowest BCUT2D eigenvalue weighted by Crippen LogP contribution is -2.28. The molecule has 0 saturated heterocycles. The first-order valence-corrected chi connectivity index (χ1v) is 11.3. The minimum Gasteiger partial charge on any atom is -0.458 e. The molecule has 0 spiro atoms. The minimum atomic E-state index is -4.46. The van der Waals surface area contributed by atoms with Gasteiger partial charge in [-0.25, -0.2) is 4.79 Å². The lowest BCUT2D eigenvalue weighted by molar-refractivity contribution is 0.0304. The summed E-state index contributed by atoms with van der Waals surface area (Å²) >= 11 is 0. The third kappa shape index (κ3) is 7.04. The largest absolute Gasteiger partial charge is 0.458 e. The number of benzene rings is 2. The maximum atomic E-state index is 12.2. The molecule has 0 bridgehead atoms. The van der Waals surface area contributed by atoms with Crippen LogP contribution >= 0.6 is 0 Å². The Morgan fingerprint density at radius 3 is 2.18 bits per heavy atom. The average molecular weight is 428 g/mol. The number of ether oxygens (including phenoxy) is 1. The maximum absolute atomic E-state index is 12.2. The van der Waals surface area contributed by atoms with Crippen LogP contribution in [-0.4, -0.2) is 45.8 Å². The molecule has 0 amide bonds. The SMILES string of the molecule is Cc1ccc(S(=O)(=O)OCCC(CS(=O)(=O)O)OC(=O)c2ccccc2)cc1. The highest BCUT2D eigenvalue weighted by Crippen LogP contribution is 2.15. The van der Waals surface area contributed by atoms with Crippen molar-refractivity contribution in [3.63, 3.8) is 0 Å². The van der Waals surface area contributed by atoms with Crippen LogP contribution in [-0.2, 0) is 29.2 Å². The lowest BCUT2D eigenvalue weighted by atomic mass is 10.2. The van der Waals surface area contributed by atoms with Crippen LogP contribution in [0.1, 0.15) is 22.3 Å². The molecule has 0 fully saturated rings. The summed E-state index contributed by atoms with van der Waals surface area (Å²) in [6.07, 6.45) is -1.53. The summed E-state index contributed by atoms with van der Waals surface area (Å²) in [5.74, 6) is -1.67. The fraction of sp³-hybridized carbons (Fsp3) is 0.278. The van der Waals surface area contributed by atoms with Gasteiger partial charge in [0.15, 0.2) is 0 Å². The second-order valence-electron chi connectivity index (χ2n) is 6.02. The van der Waals surface area contributed by atoms with Crippen LogP contribution in [0.4, 0.5) is 0 Å². The van der Waals surface area contributed by atoms with Crippen molar-refractivity contribution in [2.75, 3.05) is 12.4 Å². The van der Waals surface area contributed by atoms with E-state index < -0.39 is 44.7 Å². The molecule has 1 N–H and O–H groups in total. The van der Waals surface area contributed by atoms with Gasteiger partial charge >= 0.3 is 5.97 Å². The van der Waals surface area contributed by atoms with Gasteiger partial charge in [-0.05, 0) is 31.2 Å². The van der Waals surface area contributed by atoms with Gasteiger partial charge in [-0.2, -0.15) is 16.8 Å². The van der Waals surface area contributed by atoms with Crippen LogP contribution in [0.15, 0.2) is 59.5 Å². The molecule has 8 nitrogen and oxygen atoms in total. The van der Waals surface area contributed by atoms with E-state index >= 15 is 0 Å². The first-order chi connectivity index (χ1) is 13.1. The van der Waals surface area contributed by atoms with Crippen molar-refractivity contribution in [2.45, 2.75) is 24.3 Å². The number of aryl methyl sites for hydroxylation is 1. The maximum Gasteiger partial charge on any atom is 0.338 e. The molecule has 0 aliphatic rings. The van der Waals surface area contributed by atoms with Gasteiger partial charge in [-0.1, -0.05) is 35.9 Å². The van der Waals surface area contributed by atoms with Gasteiger partial charge in [0.1, 0.15) is 11.9 Å². The molecule has 0 radical (unpaired) electrons. The molecule has 1 atom stereocenters. The van der Waals surface area contributed by atoms with E-state index in [0.717, 1.165) is 5.56 Å². The predicted octanol–water partition coefficient (Wildman–Crippen LogP) is 2.20. The van der Waals surface area contributed by atoms with Crippen molar-refractivity contribution in [3.05, 3.63) is 65.7 Å². The zero-order valence-corrected chi connectivity index (χ0v) is 16.6. The summed E-state index contributed by atoms with van der Waals surface area (Å²) in [6, 6.07) is 13.8. The predicted molar refractivity (Wildman–Crippen MR) is 101 cm³/mol. The lowest BCUT2D eigenvalue weighted by Gasteiger charge is -2.16. The van der Waals surface area contributed by atoms with Crippen molar-refractivity contribution in [2.24, 2.45) is 0 Å². The Kier molecular flexibility index (Phi) is 7.30. The van der Waals surface area contributed by atoms with E-state index in [1.807, 2.05) is 0 Å². The van der Waals surface area contributed by atoms with E-state index in [2.05, 4.69) is 0 Å². The molecule has 0 aromatic heterocycles. The van der Waals surface area contributed by atoms with Crippen LogP contribution in [0.5, 0.6) is 0 Å². The number of carbonyl (C=O) groups is 1. The topological polar surface area (TPSA) is 124 Å². The number of rotatable bonds is 9. The van der Waals surface area contributed by atoms with Crippen LogP contribution in [0.25, 0.3) is 0 Å². The van der Waals surface area contributed by atoms with Gasteiger partial charge in [0, 0.05) is 6.42 Å². The van der Waals surface area contributed by atoms with Crippen LogP contribution in [0, 0.1) is 6.92 Å². The van der Waals surface area contributed by atoms with Crippen LogP contribution in [0.3, 0.4) is 0 Å². The van der Waals surface area contributed by atoms with Crippen molar-refractivity contribution in [1.82, 2.24) is 0 Å². The fourth-order valence-electron chi connectivity index (χ4n) is 2.27. The van der Waals surface area contributed by atoms with Gasteiger partial charge in [0.2, 0.25) is 0 Å². The summed E-state index contributed by atoms with van der Waals surface area (Å²) < 4.78 is 65.7. The highest BCUT2D eigenvalue weighted by molar-refractivity contribution is 7.86. The van der Waals surface area contributed by atoms with Gasteiger partial charge in [0.25, 0.3) is 20.2 Å². The number of carbonyl (C=O) groups excluding carboxylic acids is 1. The quantitative estimate of drug-likeness (QED) is 0.366. The molecule has 152 valence electrons.